The van der Waals surface area contributed by atoms with Crippen molar-refractivity contribution >= 4 is 17.6 Å². The molecule has 2 amide bonds. The molecule has 0 unspecified atom stereocenters. The lowest BCUT2D eigenvalue weighted by Crippen LogP contribution is -2.42. The Hall–Kier alpha value is -2.07. The summed E-state index contributed by atoms with van der Waals surface area (Å²) >= 11 is 0. The standard InChI is InChI=1S/C14H19NO8/c1-7(17)2-3-8-11(4-12(20)15-14(8)22)23-6-10(19)13(21)9(18)5-16/h2-3,9-10,13,16,18-19,21H,4-6H2,1H3,(H,15,20,22)/b3-2+/t9-,10+,13-/m1/s1. The van der Waals surface area contributed by atoms with Gasteiger partial charge in [-0.1, -0.05) is 0 Å². The fourth-order valence-electron chi connectivity index (χ4n) is 1.75. The summed E-state index contributed by atoms with van der Waals surface area (Å²) in [5, 5.41) is 39.1. The van der Waals surface area contributed by atoms with E-state index in [4.69, 9.17) is 9.84 Å². The Morgan fingerprint density at radius 2 is 1.96 bits per heavy atom. The van der Waals surface area contributed by atoms with E-state index in [2.05, 4.69) is 5.32 Å². The number of hydrogen-bond acceptors (Lipinski definition) is 8. The molecule has 0 bridgehead atoms. The highest BCUT2D eigenvalue weighted by atomic mass is 16.5. The molecule has 9 heteroatoms. The van der Waals surface area contributed by atoms with Crippen LogP contribution in [0.15, 0.2) is 23.5 Å². The van der Waals surface area contributed by atoms with Crippen LogP contribution in [0.25, 0.3) is 0 Å². The van der Waals surface area contributed by atoms with Crippen LogP contribution in [0.5, 0.6) is 0 Å². The molecule has 0 spiro atoms. The molecule has 5 N–H and O–H groups in total. The smallest absolute Gasteiger partial charge is 0.261 e. The predicted octanol–water partition coefficient (Wildman–Crippen LogP) is -2.48. The number of carbonyl (C=O) groups excluding carboxylic acids is 3. The van der Waals surface area contributed by atoms with Crippen LogP contribution >= 0.6 is 0 Å². The maximum Gasteiger partial charge on any atom is 0.261 e. The lowest BCUT2D eigenvalue weighted by Gasteiger charge is -2.24. The third-order valence-corrected chi connectivity index (χ3v) is 3.01. The van der Waals surface area contributed by atoms with Gasteiger partial charge in [-0.05, 0) is 19.1 Å². The fourth-order valence-corrected chi connectivity index (χ4v) is 1.75. The van der Waals surface area contributed by atoms with E-state index in [-0.39, 0.29) is 23.5 Å². The first-order chi connectivity index (χ1) is 10.8. The third-order valence-electron chi connectivity index (χ3n) is 3.01. The van der Waals surface area contributed by atoms with Crippen molar-refractivity contribution in [1.29, 1.82) is 0 Å². The van der Waals surface area contributed by atoms with Gasteiger partial charge in [0.2, 0.25) is 5.91 Å². The van der Waals surface area contributed by atoms with E-state index in [1.165, 1.54) is 13.0 Å². The average Bonchev–Trinajstić information content (AvgIpc) is 2.49. The molecule has 0 saturated heterocycles. The Labute approximate surface area is 131 Å². The van der Waals surface area contributed by atoms with E-state index in [1.54, 1.807) is 0 Å². The molecule has 9 nitrogen and oxygen atoms in total. The number of carbonyl (C=O) groups is 3. The van der Waals surface area contributed by atoms with E-state index in [0.29, 0.717) is 0 Å². The third kappa shape index (κ3) is 5.57. The zero-order chi connectivity index (χ0) is 17.6. The number of aliphatic hydroxyl groups excluding tert-OH is 4. The van der Waals surface area contributed by atoms with Crippen LogP contribution in [0.2, 0.25) is 0 Å². The Bertz CT molecular complexity index is 539. The molecule has 0 aromatic heterocycles. The molecule has 128 valence electrons. The zero-order valence-corrected chi connectivity index (χ0v) is 12.4. The molecule has 1 rings (SSSR count). The van der Waals surface area contributed by atoms with Gasteiger partial charge in [0.15, 0.2) is 5.78 Å². The van der Waals surface area contributed by atoms with Crippen molar-refractivity contribution in [1.82, 2.24) is 5.32 Å². The Kier molecular flexibility index (Phi) is 7.04. The molecule has 23 heavy (non-hydrogen) atoms. The normalized spacial score (nSPS) is 19.5. The minimum Gasteiger partial charge on any atom is -0.494 e. The maximum absolute atomic E-state index is 11.7. The van der Waals surface area contributed by atoms with E-state index in [1.807, 2.05) is 0 Å². The van der Waals surface area contributed by atoms with Crippen molar-refractivity contribution in [3.8, 4) is 0 Å². The number of imide groups is 1. The topological polar surface area (TPSA) is 153 Å². The van der Waals surface area contributed by atoms with Crippen LogP contribution in [-0.4, -0.2) is 69.5 Å². The van der Waals surface area contributed by atoms with Gasteiger partial charge < -0.3 is 25.2 Å². The first-order valence-corrected chi connectivity index (χ1v) is 6.80. The summed E-state index contributed by atoms with van der Waals surface area (Å²) < 4.78 is 5.18. The molecular weight excluding hydrogens is 310 g/mol. The summed E-state index contributed by atoms with van der Waals surface area (Å²) in [6.07, 6.45) is -2.75. The number of amides is 2. The zero-order valence-electron chi connectivity index (χ0n) is 12.4. The van der Waals surface area contributed by atoms with E-state index >= 15 is 0 Å². The first-order valence-electron chi connectivity index (χ1n) is 6.80. The fraction of sp³-hybridized carbons (Fsp3) is 0.500. The van der Waals surface area contributed by atoms with E-state index in [9.17, 15) is 29.7 Å². The molecule has 1 aliphatic rings. The number of ketones is 1. The summed E-state index contributed by atoms with van der Waals surface area (Å²) in [5.74, 6) is -1.75. The highest BCUT2D eigenvalue weighted by Crippen LogP contribution is 2.18. The number of ether oxygens (including phenoxy) is 1. The van der Waals surface area contributed by atoms with Gasteiger partial charge in [0, 0.05) is 0 Å². The van der Waals surface area contributed by atoms with Crippen molar-refractivity contribution in [2.45, 2.75) is 31.7 Å². The highest BCUT2D eigenvalue weighted by molar-refractivity contribution is 6.10. The maximum atomic E-state index is 11.7. The van der Waals surface area contributed by atoms with Crippen LogP contribution in [0.4, 0.5) is 0 Å². The van der Waals surface area contributed by atoms with Crippen molar-refractivity contribution in [2.24, 2.45) is 0 Å². The minimum absolute atomic E-state index is 0.0517. The summed E-state index contributed by atoms with van der Waals surface area (Å²) in [7, 11) is 0. The van der Waals surface area contributed by atoms with Crippen LogP contribution in [0.3, 0.4) is 0 Å². The summed E-state index contributed by atoms with van der Waals surface area (Å²) in [4.78, 5) is 34.1. The quantitative estimate of drug-likeness (QED) is 0.242. The summed E-state index contributed by atoms with van der Waals surface area (Å²) in [5.41, 5.74) is -0.0517. The van der Waals surface area contributed by atoms with Crippen molar-refractivity contribution in [3.63, 3.8) is 0 Å². The monoisotopic (exact) mass is 329 g/mol. The Balaban J connectivity index is 2.86. The van der Waals surface area contributed by atoms with E-state index in [0.717, 1.165) is 6.08 Å². The van der Waals surface area contributed by atoms with Gasteiger partial charge in [0.25, 0.3) is 5.91 Å². The van der Waals surface area contributed by atoms with Gasteiger partial charge in [-0.3, -0.25) is 19.7 Å². The summed E-state index contributed by atoms with van der Waals surface area (Å²) in [6.45, 7) is -0.000188. The number of hydrogen-bond donors (Lipinski definition) is 5. The molecule has 0 aromatic carbocycles. The van der Waals surface area contributed by atoms with Gasteiger partial charge in [-0.25, -0.2) is 0 Å². The van der Waals surface area contributed by atoms with Crippen LogP contribution < -0.4 is 5.32 Å². The lowest BCUT2D eigenvalue weighted by molar-refractivity contribution is -0.130. The lowest BCUT2D eigenvalue weighted by atomic mass is 10.1. The Morgan fingerprint density at radius 1 is 1.30 bits per heavy atom. The van der Waals surface area contributed by atoms with Gasteiger partial charge in [0.05, 0.1) is 18.6 Å². The van der Waals surface area contributed by atoms with Gasteiger partial charge in [-0.2, -0.15) is 0 Å². The van der Waals surface area contributed by atoms with Crippen LogP contribution in [0.1, 0.15) is 13.3 Å². The van der Waals surface area contributed by atoms with Crippen molar-refractivity contribution < 1.29 is 39.5 Å². The molecule has 0 aliphatic carbocycles. The summed E-state index contributed by atoms with van der Waals surface area (Å²) in [6, 6.07) is 0. The predicted molar refractivity (Wildman–Crippen MR) is 75.7 cm³/mol. The SMILES string of the molecule is CC(=O)/C=C/C1=C(OC[C@H](O)[C@H](O)[C@H](O)CO)CC(=O)NC1=O. The molecule has 1 aliphatic heterocycles. The van der Waals surface area contributed by atoms with Crippen molar-refractivity contribution in [3.05, 3.63) is 23.5 Å². The van der Waals surface area contributed by atoms with Gasteiger partial charge >= 0.3 is 0 Å². The minimum atomic E-state index is -1.66. The van der Waals surface area contributed by atoms with Crippen LogP contribution in [0, 0.1) is 0 Å². The second-order valence-corrected chi connectivity index (χ2v) is 4.95. The number of allylic oxidation sites excluding steroid dienone is 1. The number of rotatable bonds is 8. The molecule has 0 saturated carbocycles. The first kappa shape index (κ1) is 19.0. The molecular formula is C14H19NO8. The largest absolute Gasteiger partial charge is 0.494 e. The average molecular weight is 329 g/mol. The second kappa shape index (κ2) is 8.53. The van der Waals surface area contributed by atoms with Gasteiger partial charge in [-0.15, -0.1) is 0 Å². The molecule has 0 fully saturated rings. The van der Waals surface area contributed by atoms with Crippen LogP contribution in [-0.2, 0) is 19.1 Å². The molecule has 0 aromatic rings. The number of aliphatic hydroxyl groups is 4. The van der Waals surface area contributed by atoms with E-state index < -0.39 is 43.3 Å². The Morgan fingerprint density at radius 3 is 2.52 bits per heavy atom. The molecule has 3 atom stereocenters. The molecule has 0 radical (unpaired) electrons. The second-order valence-electron chi connectivity index (χ2n) is 4.95. The van der Waals surface area contributed by atoms with Crippen molar-refractivity contribution in [2.75, 3.05) is 13.2 Å². The van der Waals surface area contributed by atoms with Gasteiger partial charge in [0.1, 0.15) is 30.7 Å². The molecule has 1 heterocycles. The highest BCUT2D eigenvalue weighted by Gasteiger charge is 2.28. The number of nitrogens with one attached hydrogen (secondary N) is 1.